The van der Waals surface area contributed by atoms with Crippen LogP contribution in [0.1, 0.15) is 100.0 Å². The molecule has 0 unspecified atom stereocenters. The van der Waals surface area contributed by atoms with Gasteiger partial charge in [-0.25, -0.2) is 4.79 Å². The zero-order valence-corrected chi connectivity index (χ0v) is 32.9. The molecule has 0 radical (unpaired) electrons. The maximum Gasteiger partial charge on any atom is 0.410 e. The summed E-state index contributed by atoms with van der Waals surface area (Å²) in [7, 11) is 0. The summed E-state index contributed by atoms with van der Waals surface area (Å²) in [5, 5.41) is 12.2. The third-order valence-electron chi connectivity index (χ3n) is 12.0. The fourth-order valence-corrected chi connectivity index (χ4v) is 9.06. The number of hydrogen-bond acceptors (Lipinski definition) is 10. The lowest BCUT2D eigenvalue weighted by molar-refractivity contribution is -0.284. The number of Topliss-reactive ketones (excluding diaryl/α,β-unsaturated/α-hetero) is 2. The van der Waals surface area contributed by atoms with Gasteiger partial charge < -0.3 is 29.0 Å². The fourth-order valence-electron chi connectivity index (χ4n) is 9.06. The highest BCUT2D eigenvalue weighted by Gasteiger charge is 2.53. The van der Waals surface area contributed by atoms with Gasteiger partial charge >= 0.3 is 12.1 Å². The number of aromatic nitrogens is 1. The van der Waals surface area contributed by atoms with Crippen molar-refractivity contribution in [2.24, 2.45) is 35.0 Å². The molecule has 4 heterocycles. The highest BCUT2D eigenvalue weighted by molar-refractivity contribution is 6.00. The molecule has 12 atom stereocenters. The zero-order chi connectivity index (χ0) is 38.8. The van der Waals surface area contributed by atoms with Gasteiger partial charge in [0.15, 0.2) is 18.2 Å². The molecule has 1 aromatic carbocycles. The van der Waals surface area contributed by atoms with E-state index in [1.54, 1.807) is 11.8 Å². The summed E-state index contributed by atoms with van der Waals surface area (Å²) < 4.78 is 24.6. The molecule has 0 aliphatic carbocycles. The number of aliphatic hydroxyl groups excluding tert-OH is 1. The third kappa shape index (κ3) is 8.78. The lowest BCUT2D eigenvalue weighted by Crippen LogP contribution is -2.53. The number of amides is 1. The van der Waals surface area contributed by atoms with Crippen LogP contribution in [0.2, 0.25) is 0 Å². The summed E-state index contributed by atoms with van der Waals surface area (Å²) in [5.74, 6) is -4.28. The van der Waals surface area contributed by atoms with Crippen molar-refractivity contribution in [3.05, 3.63) is 42.1 Å². The van der Waals surface area contributed by atoms with E-state index in [1.807, 2.05) is 78.9 Å². The molecule has 1 amide bonds. The Labute approximate surface area is 314 Å². The number of carbonyl (C=O) groups is 4. The average Bonchev–Trinajstić information content (AvgIpc) is 3.45. The van der Waals surface area contributed by atoms with Crippen LogP contribution >= 0.6 is 0 Å². The first-order chi connectivity index (χ1) is 25.0. The molecule has 1 aromatic heterocycles. The smallest absolute Gasteiger partial charge is 0.410 e. The number of pyridine rings is 1. The van der Waals surface area contributed by atoms with E-state index in [0.29, 0.717) is 32.2 Å². The zero-order valence-electron chi connectivity index (χ0n) is 32.9. The molecule has 11 nitrogen and oxygen atoms in total. The van der Waals surface area contributed by atoms with Crippen molar-refractivity contribution in [3.8, 4) is 0 Å². The average molecular weight is 737 g/mol. The number of benzene rings is 1. The van der Waals surface area contributed by atoms with E-state index in [1.165, 1.54) is 12.5 Å². The van der Waals surface area contributed by atoms with E-state index in [-0.39, 0.29) is 23.6 Å². The molecule has 3 aliphatic rings. The van der Waals surface area contributed by atoms with Gasteiger partial charge in [-0.3, -0.25) is 19.4 Å². The van der Waals surface area contributed by atoms with Crippen LogP contribution in [0.25, 0.3) is 10.9 Å². The number of ether oxygens (including phenoxy) is 4. The fraction of sp³-hybridized carbons (Fsp3) is 0.690. The third-order valence-corrected chi connectivity index (χ3v) is 12.0. The SMILES string of the molecule is CC[C@H]1OC(=O)[C@H](C)C(=O)[C@H](C)[C@@H](O[C@@H]2O[C@H](C)C[C@H](C)[C@H]2O)C(C)(C)C[C@@H](C)C(=O)[C@H](C)[C@@H]2[C@@H]1OC(=O)N2CCCCc1ccnc2ccccc12. The Bertz CT molecular complexity index is 1620. The Kier molecular flexibility index (Phi) is 13.0. The first-order valence-electron chi connectivity index (χ1n) is 19.6. The molecule has 0 bridgehead atoms. The maximum atomic E-state index is 14.4. The number of esters is 1. The number of carbonyl (C=O) groups excluding carboxylic acids is 4. The van der Waals surface area contributed by atoms with Crippen molar-refractivity contribution in [3.63, 3.8) is 0 Å². The minimum absolute atomic E-state index is 0.0554. The highest BCUT2D eigenvalue weighted by atomic mass is 16.7. The Morgan fingerprint density at radius 2 is 1.66 bits per heavy atom. The van der Waals surface area contributed by atoms with Gasteiger partial charge in [0.25, 0.3) is 0 Å². The highest BCUT2D eigenvalue weighted by Crippen LogP contribution is 2.41. The van der Waals surface area contributed by atoms with Crippen molar-refractivity contribution in [2.75, 3.05) is 6.54 Å². The Balaban J connectivity index is 1.41. The molecule has 1 N–H and O–H groups in total. The van der Waals surface area contributed by atoms with E-state index < -0.39 is 77.9 Å². The van der Waals surface area contributed by atoms with Gasteiger partial charge in [0.2, 0.25) is 0 Å². The van der Waals surface area contributed by atoms with Crippen LogP contribution in [0, 0.1) is 35.0 Å². The molecule has 0 spiro atoms. The first-order valence-corrected chi connectivity index (χ1v) is 19.6. The van der Waals surface area contributed by atoms with E-state index in [4.69, 9.17) is 18.9 Å². The molecule has 2 aromatic rings. The van der Waals surface area contributed by atoms with Crippen molar-refractivity contribution >= 4 is 34.5 Å². The predicted octanol–water partition coefficient (Wildman–Crippen LogP) is 6.70. The minimum Gasteiger partial charge on any atom is -0.458 e. The normalized spacial score (nSPS) is 35.8. The second-order valence-corrected chi connectivity index (χ2v) is 16.6. The second-order valence-electron chi connectivity index (χ2n) is 16.6. The van der Waals surface area contributed by atoms with Gasteiger partial charge in [0.1, 0.15) is 23.9 Å². The molecule has 292 valence electrons. The van der Waals surface area contributed by atoms with Gasteiger partial charge in [-0.1, -0.05) is 66.7 Å². The summed E-state index contributed by atoms with van der Waals surface area (Å²) in [4.78, 5) is 62.0. The number of ketones is 2. The van der Waals surface area contributed by atoms with Gasteiger partial charge in [0, 0.05) is 35.9 Å². The molecule has 0 saturated carbocycles. The lowest BCUT2D eigenvalue weighted by atomic mass is 9.70. The van der Waals surface area contributed by atoms with Gasteiger partial charge in [0.05, 0.1) is 23.8 Å². The Morgan fingerprint density at radius 1 is 0.943 bits per heavy atom. The molecule has 11 heteroatoms. The molecular weight excluding hydrogens is 676 g/mol. The molecular formula is C42H60N2O9. The van der Waals surface area contributed by atoms with Crippen LogP contribution in [0.15, 0.2) is 36.5 Å². The van der Waals surface area contributed by atoms with E-state index in [9.17, 15) is 24.3 Å². The standard InChI is InChI=1S/C42H60N2O9/c1-10-32-37-33(44(41(49)52-37)20-14-13-15-29-18-19-43-31-17-12-11-16-30(29)31)26(5)34(45)24(3)22-42(8,9)38(27(6)36(47)28(7)39(48)51-32)53-40-35(46)23(2)21-25(4)50-40/h11-12,16-19,23-28,32-33,35,37-38,40,46H,10,13-15,20-22H2,1-9H3/t23-,24+,25+,26+,27-,28+,32+,33+,35+,37+,38+,40-/m0/s1. The van der Waals surface area contributed by atoms with Crippen molar-refractivity contribution < 1.29 is 43.2 Å². The summed E-state index contributed by atoms with van der Waals surface area (Å²) >= 11 is 0. The van der Waals surface area contributed by atoms with Crippen LogP contribution in [-0.2, 0) is 39.8 Å². The topological polar surface area (TPSA) is 142 Å². The van der Waals surface area contributed by atoms with Crippen LogP contribution in [0.3, 0.4) is 0 Å². The van der Waals surface area contributed by atoms with E-state index >= 15 is 0 Å². The molecule has 53 heavy (non-hydrogen) atoms. The van der Waals surface area contributed by atoms with Gasteiger partial charge in [-0.05, 0) is 81.4 Å². The number of nitrogens with zero attached hydrogens (tertiary/aromatic N) is 2. The largest absolute Gasteiger partial charge is 0.458 e. The van der Waals surface area contributed by atoms with Crippen molar-refractivity contribution in [1.29, 1.82) is 0 Å². The van der Waals surface area contributed by atoms with Crippen LogP contribution in [-0.4, -0.2) is 88.0 Å². The number of fused-ring (bicyclic) bond motifs is 2. The minimum atomic E-state index is -1.13. The number of hydrogen-bond donors (Lipinski definition) is 1. The quantitative estimate of drug-likeness (QED) is 0.177. The number of para-hydroxylation sites is 1. The predicted molar refractivity (Wildman–Crippen MR) is 200 cm³/mol. The van der Waals surface area contributed by atoms with Crippen LogP contribution in [0.4, 0.5) is 4.79 Å². The summed E-state index contributed by atoms with van der Waals surface area (Å²) in [6.07, 6.45) is 0.305. The van der Waals surface area contributed by atoms with Crippen LogP contribution in [0.5, 0.6) is 0 Å². The van der Waals surface area contributed by atoms with Crippen LogP contribution < -0.4 is 0 Å². The summed E-state index contributed by atoms with van der Waals surface area (Å²) in [5.41, 5.74) is 1.35. The summed E-state index contributed by atoms with van der Waals surface area (Å²) in [6, 6.07) is 9.38. The molecule has 5 rings (SSSR count). The maximum absolute atomic E-state index is 14.4. The number of aryl methyl sites for hydroxylation is 1. The number of unbranched alkanes of at least 4 members (excludes halogenated alkanes) is 1. The number of rotatable bonds is 8. The Morgan fingerprint density at radius 3 is 2.38 bits per heavy atom. The lowest BCUT2D eigenvalue weighted by Gasteiger charge is -2.45. The number of cyclic esters (lactones) is 1. The Hall–Kier alpha value is -3.41. The second kappa shape index (κ2) is 16.9. The van der Waals surface area contributed by atoms with Crippen molar-refractivity contribution in [2.45, 2.75) is 144 Å². The number of aliphatic hydroxyl groups is 1. The first kappa shape index (κ1) is 40.8. The summed E-state index contributed by atoms with van der Waals surface area (Å²) in [6.45, 7) is 16.9. The van der Waals surface area contributed by atoms with E-state index in [2.05, 4.69) is 11.1 Å². The van der Waals surface area contributed by atoms with Gasteiger partial charge in [-0.2, -0.15) is 0 Å². The molecule has 3 saturated heterocycles. The van der Waals surface area contributed by atoms with Gasteiger partial charge in [-0.15, -0.1) is 0 Å². The van der Waals surface area contributed by atoms with E-state index in [0.717, 1.165) is 23.7 Å². The monoisotopic (exact) mass is 736 g/mol. The molecule has 3 fully saturated rings. The van der Waals surface area contributed by atoms with Crippen molar-refractivity contribution in [1.82, 2.24) is 9.88 Å². The molecule has 3 aliphatic heterocycles.